The first-order valence-electron chi connectivity index (χ1n) is 4.70. The monoisotopic (exact) mass is 207 g/mol. The second-order valence-electron chi connectivity index (χ2n) is 3.15. The van der Waals surface area contributed by atoms with E-state index in [2.05, 4.69) is 5.32 Å². The molecule has 0 spiro atoms. The molecule has 1 atom stereocenters. The van der Waals surface area contributed by atoms with E-state index in [-0.39, 0.29) is 0 Å². The molecule has 2 N–H and O–H groups in total. The van der Waals surface area contributed by atoms with Crippen molar-refractivity contribution in [1.29, 1.82) is 0 Å². The summed E-state index contributed by atoms with van der Waals surface area (Å²) in [4.78, 5) is 21.1. The van der Waals surface area contributed by atoms with Crippen LogP contribution in [-0.4, -0.2) is 17.5 Å². The lowest BCUT2D eigenvalue weighted by molar-refractivity contribution is -0.140. The van der Waals surface area contributed by atoms with Crippen LogP contribution < -0.4 is 5.32 Å². The number of amides is 1. The molecule has 1 aromatic rings. The molecular formula is C11H13NO3. The van der Waals surface area contributed by atoms with Gasteiger partial charge >= 0.3 is 5.97 Å². The summed E-state index contributed by atoms with van der Waals surface area (Å²) < 4.78 is 0. The van der Waals surface area contributed by atoms with Gasteiger partial charge in [0.1, 0.15) is 0 Å². The quantitative estimate of drug-likeness (QED) is 0.711. The molecule has 0 fully saturated rings. The van der Waals surface area contributed by atoms with Crippen molar-refractivity contribution in [2.45, 2.75) is 19.4 Å². The van der Waals surface area contributed by atoms with Crippen LogP contribution in [0.3, 0.4) is 0 Å². The number of carboxylic acids is 1. The fourth-order valence-electron chi connectivity index (χ4n) is 1.32. The maximum absolute atomic E-state index is 10.8. The maximum atomic E-state index is 10.8. The molecule has 15 heavy (non-hydrogen) atoms. The highest BCUT2D eigenvalue weighted by Gasteiger charge is 2.17. The normalized spacial score (nSPS) is 11.8. The number of carboxylic acid groups (broad SMARTS) is 1. The van der Waals surface area contributed by atoms with Crippen LogP contribution in [0.15, 0.2) is 24.3 Å². The average Bonchev–Trinajstić information content (AvgIpc) is 2.26. The van der Waals surface area contributed by atoms with Gasteiger partial charge in [0.05, 0.1) is 0 Å². The molecule has 4 nitrogen and oxygen atoms in total. The summed E-state index contributed by atoms with van der Waals surface area (Å²) >= 11 is 0. The number of aliphatic carboxylic acids is 1. The Labute approximate surface area is 87.9 Å². The molecule has 0 aliphatic heterocycles. The number of nitrogens with one attached hydrogen (secondary N) is 1. The Hall–Kier alpha value is -1.84. The van der Waals surface area contributed by atoms with Gasteiger partial charge in [-0.05, 0) is 17.5 Å². The van der Waals surface area contributed by atoms with Crippen molar-refractivity contribution in [3.8, 4) is 0 Å². The third kappa shape index (κ3) is 2.80. The smallest absolute Gasteiger partial charge is 0.330 e. The predicted octanol–water partition coefficient (Wildman–Crippen LogP) is 1.12. The number of hydrogen-bond donors (Lipinski definition) is 2. The Kier molecular flexibility index (Phi) is 3.85. The van der Waals surface area contributed by atoms with Gasteiger partial charge < -0.3 is 10.4 Å². The van der Waals surface area contributed by atoms with E-state index in [0.717, 1.165) is 12.0 Å². The van der Waals surface area contributed by atoms with Crippen LogP contribution in [-0.2, 0) is 16.0 Å². The molecule has 80 valence electrons. The first kappa shape index (κ1) is 11.2. The van der Waals surface area contributed by atoms with Crippen LogP contribution in [0.25, 0.3) is 0 Å². The van der Waals surface area contributed by atoms with Crippen molar-refractivity contribution in [3.63, 3.8) is 0 Å². The third-order valence-corrected chi connectivity index (χ3v) is 2.20. The first-order valence-corrected chi connectivity index (χ1v) is 4.70. The minimum Gasteiger partial charge on any atom is -0.479 e. The van der Waals surface area contributed by atoms with E-state index in [9.17, 15) is 9.59 Å². The van der Waals surface area contributed by atoms with Gasteiger partial charge in [0, 0.05) is 0 Å². The van der Waals surface area contributed by atoms with E-state index in [4.69, 9.17) is 5.11 Å². The summed E-state index contributed by atoms with van der Waals surface area (Å²) in [5, 5.41) is 11.1. The van der Waals surface area contributed by atoms with Gasteiger partial charge in [-0.1, -0.05) is 31.2 Å². The molecule has 1 amide bonds. The van der Waals surface area contributed by atoms with E-state index < -0.39 is 12.0 Å². The summed E-state index contributed by atoms with van der Waals surface area (Å²) in [5.74, 6) is -1.06. The summed E-state index contributed by atoms with van der Waals surface area (Å²) in [6.07, 6.45) is 1.30. The van der Waals surface area contributed by atoms with Crippen LogP contribution in [0.1, 0.15) is 24.1 Å². The summed E-state index contributed by atoms with van der Waals surface area (Å²) in [7, 11) is 0. The minimum atomic E-state index is -1.06. The molecule has 1 rings (SSSR count). The lowest BCUT2D eigenvalue weighted by Gasteiger charge is -2.11. The highest BCUT2D eigenvalue weighted by Crippen LogP contribution is 2.14. The van der Waals surface area contributed by atoms with Gasteiger partial charge in [-0.25, -0.2) is 4.79 Å². The summed E-state index contributed by atoms with van der Waals surface area (Å²) in [6.45, 7) is 2.02. The lowest BCUT2D eigenvalue weighted by Crippen LogP contribution is -2.27. The minimum absolute atomic E-state index is 0.395. The molecule has 1 aromatic carbocycles. The molecule has 0 radical (unpaired) electrons. The van der Waals surface area contributed by atoms with E-state index >= 15 is 0 Å². The highest BCUT2D eigenvalue weighted by molar-refractivity contribution is 5.78. The zero-order valence-electron chi connectivity index (χ0n) is 8.43. The standard InChI is InChI=1S/C11H13NO3/c1-2-8-3-5-9(6-4-8)10(11(14)15)12-7-13/h3-7,10H,2H2,1H3,(H,12,13)(H,14,15). The van der Waals surface area contributed by atoms with E-state index in [1.54, 1.807) is 12.1 Å². The van der Waals surface area contributed by atoms with Crippen LogP contribution in [0.5, 0.6) is 0 Å². The van der Waals surface area contributed by atoms with Gasteiger partial charge in [-0.2, -0.15) is 0 Å². The van der Waals surface area contributed by atoms with Gasteiger partial charge in [-0.3, -0.25) is 4.79 Å². The van der Waals surface area contributed by atoms with E-state index in [1.807, 2.05) is 19.1 Å². The van der Waals surface area contributed by atoms with Crippen molar-refractivity contribution >= 4 is 12.4 Å². The molecule has 0 bridgehead atoms. The SMILES string of the molecule is CCc1ccc(C(NC=O)C(=O)O)cc1. The highest BCUT2D eigenvalue weighted by atomic mass is 16.4. The average molecular weight is 207 g/mol. The molecule has 0 saturated heterocycles. The van der Waals surface area contributed by atoms with Crippen LogP contribution in [0.2, 0.25) is 0 Å². The summed E-state index contributed by atoms with van der Waals surface area (Å²) in [5.41, 5.74) is 1.71. The van der Waals surface area contributed by atoms with Crippen molar-refractivity contribution in [3.05, 3.63) is 35.4 Å². The summed E-state index contributed by atoms with van der Waals surface area (Å²) in [6, 6.07) is 6.19. The van der Waals surface area contributed by atoms with Gasteiger partial charge in [-0.15, -0.1) is 0 Å². The van der Waals surface area contributed by atoms with Crippen LogP contribution in [0.4, 0.5) is 0 Å². The lowest BCUT2D eigenvalue weighted by atomic mass is 10.0. The Balaban J connectivity index is 2.91. The largest absolute Gasteiger partial charge is 0.479 e. The maximum Gasteiger partial charge on any atom is 0.330 e. The Bertz CT molecular complexity index is 345. The Morgan fingerprint density at radius 2 is 2.07 bits per heavy atom. The van der Waals surface area contributed by atoms with Gasteiger partial charge in [0.25, 0.3) is 0 Å². The van der Waals surface area contributed by atoms with E-state index in [0.29, 0.717) is 12.0 Å². The second-order valence-corrected chi connectivity index (χ2v) is 3.15. The van der Waals surface area contributed by atoms with Crippen LogP contribution >= 0.6 is 0 Å². The van der Waals surface area contributed by atoms with Crippen molar-refractivity contribution in [2.75, 3.05) is 0 Å². The van der Waals surface area contributed by atoms with Gasteiger partial charge in [0.15, 0.2) is 6.04 Å². The number of rotatable bonds is 5. The molecular weight excluding hydrogens is 194 g/mol. The van der Waals surface area contributed by atoms with Gasteiger partial charge in [0.2, 0.25) is 6.41 Å². The zero-order chi connectivity index (χ0) is 11.3. The Morgan fingerprint density at radius 1 is 1.47 bits per heavy atom. The number of benzene rings is 1. The number of carbonyl (C=O) groups excluding carboxylic acids is 1. The molecule has 0 aliphatic carbocycles. The predicted molar refractivity (Wildman–Crippen MR) is 55.4 cm³/mol. The molecule has 0 saturated carbocycles. The number of hydrogen-bond acceptors (Lipinski definition) is 2. The Morgan fingerprint density at radius 3 is 2.47 bits per heavy atom. The molecule has 4 heteroatoms. The van der Waals surface area contributed by atoms with Crippen molar-refractivity contribution in [1.82, 2.24) is 5.32 Å². The van der Waals surface area contributed by atoms with Crippen molar-refractivity contribution < 1.29 is 14.7 Å². The molecule has 0 aromatic heterocycles. The fourth-order valence-corrected chi connectivity index (χ4v) is 1.32. The first-order chi connectivity index (χ1) is 7.19. The third-order valence-electron chi connectivity index (χ3n) is 2.20. The van der Waals surface area contributed by atoms with Crippen LogP contribution in [0, 0.1) is 0 Å². The zero-order valence-corrected chi connectivity index (χ0v) is 8.43. The van der Waals surface area contributed by atoms with Crippen molar-refractivity contribution in [2.24, 2.45) is 0 Å². The fraction of sp³-hybridized carbons (Fsp3) is 0.273. The molecule has 0 heterocycles. The molecule has 0 aliphatic rings. The topological polar surface area (TPSA) is 66.4 Å². The molecule has 1 unspecified atom stereocenters. The number of carbonyl (C=O) groups is 2. The van der Waals surface area contributed by atoms with E-state index in [1.165, 1.54) is 0 Å². The number of aryl methyl sites for hydroxylation is 1. The second kappa shape index (κ2) is 5.14.